The van der Waals surface area contributed by atoms with E-state index in [0.717, 1.165) is 0 Å². The Morgan fingerprint density at radius 3 is 2.80 bits per heavy atom. The molecule has 84 valence electrons. The third-order valence-electron chi connectivity index (χ3n) is 2.30. The van der Waals surface area contributed by atoms with E-state index in [1.54, 1.807) is 20.8 Å². The molecule has 0 aromatic carbocycles. The predicted molar refractivity (Wildman–Crippen MR) is 59.3 cm³/mol. The van der Waals surface area contributed by atoms with Crippen molar-refractivity contribution < 1.29 is 5.11 Å². The summed E-state index contributed by atoms with van der Waals surface area (Å²) in [4.78, 5) is 11.1. The highest BCUT2D eigenvalue weighted by Gasteiger charge is 2.24. The Balaban J connectivity index is 3.00. The van der Waals surface area contributed by atoms with E-state index in [0.29, 0.717) is 5.69 Å². The predicted octanol–water partition coefficient (Wildman–Crippen LogP) is 0.995. The summed E-state index contributed by atoms with van der Waals surface area (Å²) in [7, 11) is 0. The zero-order chi connectivity index (χ0) is 11.6. The molecule has 1 unspecified atom stereocenters. The van der Waals surface area contributed by atoms with Crippen molar-refractivity contribution >= 4 is 17.3 Å². The summed E-state index contributed by atoms with van der Waals surface area (Å²) in [5, 5.41) is 18.3. The van der Waals surface area contributed by atoms with Crippen LogP contribution in [0.1, 0.15) is 20.8 Å². The zero-order valence-electron chi connectivity index (χ0n) is 8.84. The molecule has 0 aliphatic rings. The van der Waals surface area contributed by atoms with Crippen molar-refractivity contribution in [2.45, 2.75) is 32.4 Å². The normalized spacial score (nSPS) is 13.7. The Morgan fingerprint density at radius 1 is 1.67 bits per heavy atom. The van der Waals surface area contributed by atoms with Crippen molar-refractivity contribution in [2.75, 3.05) is 5.32 Å². The van der Waals surface area contributed by atoms with Crippen molar-refractivity contribution in [1.82, 2.24) is 10.2 Å². The minimum Gasteiger partial charge on any atom is -0.391 e. The smallest absolute Gasteiger partial charge is 0.285 e. The molecule has 0 saturated heterocycles. The van der Waals surface area contributed by atoms with Crippen LogP contribution in [0.25, 0.3) is 0 Å². The first kappa shape index (κ1) is 12.0. The van der Waals surface area contributed by atoms with E-state index in [-0.39, 0.29) is 5.02 Å². The second-order valence-corrected chi connectivity index (χ2v) is 4.33. The van der Waals surface area contributed by atoms with Crippen LogP contribution in [0.5, 0.6) is 0 Å². The van der Waals surface area contributed by atoms with Gasteiger partial charge in [-0.3, -0.25) is 4.79 Å². The summed E-state index contributed by atoms with van der Waals surface area (Å²) in [5.74, 6) is 0. The molecule has 0 aliphatic carbocycles. The summed E-state index contributed by atoms with van der Waals surface area (Å²) in [6.45, 7) is 5.26. The largest absolute Gasteiger partial charge is 0.391 e. The fraction of sp³-hybridized carbons (Fsp3) is 0.556. The quantitative estimate of drug-likeness (QED) is 0.725. The first-order valence-corrected chi connectivity index (χ1v) is 4.92. The molecule has 1 aromatic heterocycles. The van der Waals surface area contributed by atoms with Crippen molar-refractivity contribution in [3.05, 3.63) is 21.6 Å². The maximum Gasteiger partial charge on any atom is 0.285 e. The Morgan fingerprint density at radius 2 is 2.27 bits per heavy atom. The Labute approximate surface area is 92.5 Å². The number of halogens is 1. The first-order valence-electron chi connectivity index (χ1n) is 4.54. The number of aromatic amines is 1. The van der Waals surface area contributed by atoms with Gasteiger partial charge < -0.3 is 10.4 Å². The molecule has 0 saturated carbocycles. The molecule has 0 bridgehead atoms. The number of hydrogen-bond acceptors (Lipinski definition) is 4. The molecule has 3 N–H and O–H groups in total. The molecule has 0 amide bonds. The molecule has 15 heavy (non-hydrogen) atoms. The van der Waals surface area contributed by atoms with E-state index in [9.17, 15) is 9.90 Å². The lowest BCUT2D eigenvalue weighted by Crippen LogP contribution is -2.42. The number of aliphatic hydroxyl groups is 1. The molecule has 6 heteroatoms. The van der Waals surface area contributed by atoms with E-state index in [1.165, 1.54) is 6.20 Å². The molecule has 0 fully saturated rings. The number of nitrogens with one attached hydrogen (secondary N) is 2. The van der Waals surface area contributed by atoms with Gasteiger partial charge in [0, 0.05) is 0 Å². The maximum atomic E-state index is 11.1. The van der Waals surface area contributed by atoms with Crippen LogP contribution in [0.2, 0.25) is 5.02 Å². The van der Waals surface area contributed by atoms with Gasteiger partial charge in [0.25, 0.3) is 5.56 Å². The molecule has 0 spiro atoms. The minimum absolute atomic E-state index is 0.0405. The van der Waals surface area contributed by atoms with E-state index >= 15 is 0 Å². The van der Waals surface area contributed by atoms with Crippen LogP contribution in [0.4, 0.5) is 5.69 Å². The average Bonchev–Trinajstić information content (AvgIpc) is 2.12. The van der Waals surface area contributed by atoms with E-state index in [4.69, 9.17) is 11.6 Å². The molecule has 1 heterocycles. The fourth-order valence-corrected chi connectivity index (χ4v) is 1.06. The first-order chi connectivity index (χ1) is 6.84. The number of hydrogen-bond donors (Lipinski definition) is 3. The molecule has 1 rings (SSSR count). The highest BCUT2D eigenvalue weighted by atomic mass is 35.5. The van der Waals surface area contributed by atoms with Gasteiger partial charge in [0.15, 0.2) is 0 Å². The molecule has 5 nitrogen and oxygen atoms in total. The fourth-order valence-electron chi connectivity index (χ4n) is 0.922. The van der Waals surface area contributed by atoms with E-state index < -0.39 is 17.2 Å². The monoisotopic (exact) mass is 231 g/mol. The Kier molecular flexibility index (Phi) is 3.36. The van der Waals surface area contributed by atoms with Crippen LogP contribution < -0.4 is 10.9 Å². The summed E-state index contributed by atoms with van der Waals surface area (Å²) < 4.78 is 0. The van der Waals surface area contributed by atoms with Crippen molar-refractivity contribution in [3.8, 4) is 0 Å². The highest BCUT2D eigenvalue weighted by Crippen LogP contribution is 2.21. The van der Waals surface area contributed by atoms with E-state index in [2.05, 4.69) is 15.5 Å². The van der Waals surface area contributed by atoms with Gasteiger partial charge in [0.1, 0.15) is 5.02 Å². The molecule has 1 atom stereocenters. The highest BCUT2D eigenvalue weighted by molar-refractivity contribution is 6.32. The molecule has 1 aromatic rings. The van der Waals surface area contributed by atoms with Crippen LogP contribution in [-0.4, -0.2) is 26.9 Å². The van der Waals surface area contributed by atoms with Crippen LogP contribution in [0.3, 0.4) is 0 Å². The molecule has 0 aliphatic heterocycles. The van der Waals surface area contributed by atoms with Crippen LogP contribution >= 0.6 is 11.6 Å². The number of rotatable bonds is 3. The lowest BCUT2D eigenvalue weighted by atomic mass is 9.98. The topological polar surface area (TPSA) is 78.0 Å². The number of anilines is 1. The van der Waals surface area contributed by atoms with Gasteiger partial charge in [-0.25, -0.2) is 5.10 Å². The van der Waals surface area contributed by atoms with Crippen LogP contribution in [0.15, 0.2) is 11.0 Å². The summed E-state index contributed by atoms with van der Waals surface area (Å²) >= 11 is 5.78. The standard InChI is InChI=1S/C9H14ClN3O2/c1-5(14)9(2,3)12-6-4-11-13-8(15)7(6)10/h4-5,14H,1-3H3,(H2,12,13,15). The van der Waals surface area contributed by atoms with Gasteiger partial charge in [-0.2, -0.15) is 5.10 Å². The Bertz CT molecular complexity index is 401. The molecular weight excluding hydrogens is 218 g/mol. The SMILES string of the molecule is CC(O)C(C)(C)Nc1cn[nH]c(=O)c1Cl. The van der Waals surface area contributed by atoms with Gasteiger partial charge >= 0.3 is 0 Å². The second-order valence-electron chi connectivity index (χ2n) is 3.95. The maximum absolute atomic E-state index is 11.1. The van der Waals surface area contributed by atoms with Gasteiger partial charge in [-0.05, 0) is 20.8 Å². The third kappa shape index (κ3) is 2.70. The number of nitrogens with zero attached hydrogens (tertiary/aromatic N) is 1. The van der Waals surface area contributed by atoms with Crippen LogP contribution in [0, 0.1) is 0 Å². The number of H-pyrrole nitrogens is 1. The number of aliphatic hydroxyl groups excluding tert-OH is 1. The van der Waals surface area contributed by atoms with Crippen molar-refractivity contribution in [1.29, 1.82) is 0 Å². The molecular formula is C9H14ClN3O2. The lowest BCUT2D eigenvalue weighted by molar-refractivity contribution is 0.133. The Hall–Kier alpha value is -1.07. The van der Waals surface area contributed by atoms with Gasteiger partial charge in [0.05, 0.1) is 23.5 Å². The summed E-state index contributed by atoms with van der Waals surface area (Å²) in [5.41, 5.74) is -0.631. The van der Waals surface area contributed by atoms with Gasteiger partial charge in [0.2, 0.25) is 0 Å². The minimum atomic E-state index is -0.590. The lowest BCUT2D eigenvalue weighted by Gasteiger charge is -2.30. The third-order valence-corrected chi connectivity index (χ3v) is 2.67. The number of aromatic nitrogens is 2. The van der Waals surface area contributed by atoms with Crippen LogP contribution in [-0.2, 0) is 0 Å². The average molecular weight is 232 g/mol. The summed E-state index contributed by atoms with van der Waals surface area (Å²) in [6, 6.07) is 0. The van der Waals surface area contributed by atoms with Crippen molar-refractivity contribution in [2.24, 2.45) is 0 Å². The second kappa shape index (κ2) is 4.20. The van der Waals surface area contributed by atoms with Crippen molar-refractivity contribution in [3.63, 3.8) is 0 Å². The molecule has 0 radical (unpaired) electrons. The van der Waals surface area contributed by atoms with E-state index in [1.807, 2.05) is 0 Å². The van der Waals surface area contributed by atoms with Gasteiger partial charge in [-0.1, -0.05) is 11.6 Å². The zero-order valence-corrected chi connectivity index (χ0v) is 9.59. The van der Waals surface area contributed by atoms with Gasteiger partial charge in [-0.15, -0.1) is 0 Å². The summed E-state index contributed by atoms with van der Waals surface area (Å²) in [6.07, 6.45) is 0.821.